The first-order chi connectivity index (χ1) is 10.1. The first-order valence-electron chi connectivity index (χ1n) is 6.16. The van der Waals surface area contributed by atoms with Crippen LogP contribution in [-0.2, 0) is 0 Å². The van der Waals surface area contributed by atoms with Crippen molar-refractivity contribution in [3.8, 4) is 17.1 Å². The van der Waals surface area contributed by atoms with Crippen LogP contribution in [-0.4, -0.2) is 20.2 Å². The van der Waals surface area contributed by atoms with Crippen LogP contribution in [0.4, 0.5) is 5.69 Å². The maximum absolute atomic E-state index is 6.27. The van der Waals surface area contributed by atoms with Crippen LogP contribution in [0.1, 0.15) is 5.56 Å². The van der Waals surface area contributed by atoms with E-state index in [2.05, 4.69) is 31.5 Å². The minimum atomic E-state index is 0.560. The van der Waals surface area contributed by atoms with Gasteiger partial charge in [0.15, 0.2) is 5.82 Å². The number of nitrogen functional groups attached to an aromatic ring is 1. The highest BCUT2D eigenvalue weighted by Crippen LogP contribution is 2.28. The number of nitrogens with two attached hydrogens (primary N) is 1. The molecule has 0 aliphatic carbocycles. The number of nitrogens with zero attached hydrogens (tertiary/aromatic N) is 4. The number of hydrogen-bond acceptors (Lipinski definition) is 4. The number of benzene rings is 2. The Morgan fingerprint density at radius 3 is 2.71 bits per heavy atom. The van der Waals surface area contributed by atoms with E-state index >= 15 is 0 Å². The highest BCUT2D eigenvalue weighted by Gasteiger charge is 2.14. The van der Waals surface area contributed by atoms with Gasteiger partial charge < -0.3 is 5.73 Å². The molecule has 0 spiro atoms. The van der Waals surface area contributed by atoms with Gasteiger partial charge in [-0.2, -0.15) is 4.68 Å². The van der Waals surface area contributed by atoms with Gasteiger partial charge in [0.1, 0.15) is 0 Å². The van der Waals surface area contributed by atoms with Crippen molar-refractivity contribution in [1.82, 2.24) is 20.2 Å². The zero-order chi connectivity index (χ0) is 15.0. The molecule has 2 aromatic carbocycles. The Labute approximate surface area is 134 Å². The monoisotopic (exact) mass is 363 g/mol. The van der Waals surface area contributed by atoms with Gasteiger partial charge in [-0.15, -0.1) is 5.10 Å². The van der Waals surface area contributed by atoms with Gasteiger partial charge in [-0.3, -0.25) is 0 Å². The van der Waals surface area contributed by atoms with Crippen LogP contribution in [0, 0.1) is 6.92 Å². The normalized spacial score (nSPS) is 10.8. The van der Waals surface area contributed by atoms with Crippen LogP contribution in [0.5, 0.6) is 0 Å². The van der Waals surface area contributed by atoms with Gasteiger partial charge in [0, 0.05) is 15.7 Å². The van der Waals surface area contributed by atoms with E-state index in [1.165, 1.54) is 0 Å². The number of aryl methyl sites for hydroxylation is 1. The molecular weight excluding hydrogens is 354 g/mol. The molecule has 1 aromatic heterocycles. The fourth-order valence-electron chi connectivity index (χ4n) is 2.00. The Morgan fingerprint density at radius 1 is 1.19 bits per heavy atom. The largest absolute Gasteiger partial charge is 0.399 e. The molecule has 0 radical (unpaired) electrons. The Kier molecular flexibility index (Phi) is 3.65. The molecule has 106 valence electrons. The SMILES string of the molecule is Cc1cc(-c2nnnn2-c2ccc(Br)cc2Cl)ccc1N. The first-order valence-corrected chi connectivity index (χ1v) is 7.33. The molecule has 1 heterocycles. The van der Waals surface area contributed by atoms with Gasteiger partial charge in [-0.05, 0) is 59.3 Å². The molecule has 0 atom stereocenters. The summed E-state index contributed by atoms with van der Waals surface area (Å²) in [5, 5.41) is 12.4. The maximum Gasteiger partial charge on any atom is 0.187 e. The van der Waals surface area contributed by atoms with E-state index in [1.807, 2.05) is 37.3 Å². The predicted molar refractivity (Wildman–Crippen MR) is 86.4 cm³/mol. The van der Waals surface area contributed by atoms with Crippen molar-refractivity contribution in [3.63, 3.8) is 0 Å². The van der Waals surface area contributed by atoms with Gasteiger partial charge in [0.05, 0.1) is 10.7 Å². The number of rotatable bonds is 2. The summed E-state index contributed by atoms with van der Waals surface area (Å²) < 4.78 is 2.51. The molecule has 0 fully saturated rings. The molecular formula is C14H11BrClN5. The fraction of sp³-hybridized carbons (Fsp3) is 0.0714. The Bertz CT molecular complexity index is 815. The topological polar surface area (TPSA) is 69.6 Å². The van der Waals surface area contributed by atoms with Gasteiger partial charge in [0.2, 0.25) is 0 Å². The molecule has 0 saturated carbocycles. The number of anilines is 1. The lowest BCUT2D eigenvalue weighted by Gasteiger charge is -2.08. The predicted octanol–water partition coefficient (Wildman–Crippen LogP) is 3.64. The van der Waals surface area contributed by atoms with Crippen molar-refractivity contribution in [3.05, 3.63) is 51.5 Å². The number of tetrazole rings is 1. The molecule has 0 amide bonds. The minimum absolute atomic E-state index is 0.560. The molecule has 7 heteroatoms. The van der Waals surface area contributed by atoms with Crippen LogP contribution < -0.4 is 5.73 Å². The van der Waals surface area contributed by atoms with Gasteiger partial charge in [-0.25, -0.2) is 0 Å². The molecule has 5 nitrogen and oxygen atoms in total. The summed E-state index contributed by atoms with van der Waals surface area (Å²) in [5.74, 6) is 0.613. The number of hydrogen-bond donors (Lipinski definition) is 1. The van der Waals surface area contributed by atoms with Crippen molar-refractivity contribution in [2.45, 2.75) is 6.92 Å². The van der Waals surface area contributed by atoms with E-state index in [0.717, 1.165) is 21.3 Å². The fourth-order valence-corrected chi connectivity index (χ4v) is 2.75. The van der Waals surface area contributed by atoms with E-state index in [4.69, 9.17) is 17.3 Å². The average molecular weight is 365 g/mol. The van der Waals surface area contributed by atoms with Gasteiger partial charge in [-0.1, -0.05) is 27.5 Å². The second-order valence-corrected chi connectivity index (χ2v) is 5.90. The lowest BCUT2D eigenvalue weighted by Crippen LogP contribution is -2.01. The van der Waals surface area contributed by atoms with Crippen molar-refractivity contribution in [2.24, 2.45) is 0 Å². The van der Waals surface area contributed by atoms with Crippen LogP contribution in [0.2, 0.25) is 5.02 Å². The molecule has 3 aromatic rings. The maximum atomic E-state index is 6.27. The van der Waals surface area contributed by atoms with Crippen molar-refractivity contribution in [2.75, 3.05) is 5.73 Å². The van der Waals surface area contributed by atoms with E-state index in [1.54, 1.807) is 10.7 Å². The Balaban J connectivity index is 2.14. The van der Waals surface area contributed by atoms with E-state index in [-0.39, 0.29) is 0 Å². The smallest absolute Gasteiger partial charge is 0.187 e. The molecule has 0 aliphatic heterocycles. The van der Waals surface area contributed by atoms with E-state index < -0.39 is 0 Å². The van der Waals surface area contributed by atoms with Crippen LogP contribution in [0.3, 0.4) is 0 Å². The van der Waals surface area contributed by atoms with E-state index in [9.17, 15) is 0 Å². The molecule has 0 saturated heterocycles. The van der Waals surface area contributed by atoms with Crippen molar-refractivity contribution in [1.29, 1.82) is 0 Å². The van der Waals surface area contributed by atoms with Crippen molar-refractivity contribution < 1.29 is 0 Å². The summed E-state index contributed by atoms with van der Waals surface area (Å²) in [6.45, 7) is 1.94. The summed E-state index contributed by atoms with van der Waals surface area (Å²) in [7, 11) is 0. The second kappa shape index (κ2) is 5.46. The standard InChI is InChI=1S/C14H11BrClN5/c1-8-6-9(2-4-12(8)17)14-18-19-20-21(14)13-5-3-10(15)7-11(13)16/h2-7H,17H2,1H3. The summed E-state index contributed by atoms with van der Waals surface area (Å²) >= 11 is 9.65. The third-order valence-electron chi connectivity index (χ3n) is 3.14. The highest BCUT2D eigenvalue weighted by molar-refractivity contribution is 9.10. The zero-order valence-electron chi connectivity index (χ0n) is 11.1. The van der Waals surface area contributed by atoms with Crippen molar-refractivity contribution >= 4 is 33.2 Å². The van der Waals surface area contributed by atoms with Gasteiger partial charge in [0.25, 0.3) is 0 Å². The van der Waals surface area contributed by atoms with Crippen LogP contribution in [0.15, 0.2) is 40.9 Å². The van der Waals surface area contributed by atoms with E-state index in [0.29, 0.717) is 16.5 Å². The molecule has 2 N–H and O–H groups in total. The quantitative estimate of drug-likeness (QED) is 0.705. The number of halogens is 2. The Hall–Kier alpha value is -1.92. The summed E-state index contributed by atoms with van der Waals surface area (Å²) in [5.41, 5.74) is 9.16. The molecule has 3 rings (SSSR count). The number of aromatic nitrogens is 4. The minimum Gasteiger partial charge on any atom is -0.399 e. The summed E-state index contributed by atoms with van der Waals surface area (Å²) in [6, 6.07) is 11.2. The van der Waals surface area contributed by atoms with Gasteiger partial charge >= 0.3 is 0 Å². The lowest BCUT2D eigenvalue weighted by molar-refractivity contribution is 0.791. The lowest BCUT2D eigenvalue weighted by atomic mass is 10.1. The summed E-state index contributed by atoms with van der Waals surface area (Å²) in [6.07, 6.45) is 0. The molecule has 21 heavy (non-hydrogen) atoms. The molecule has 0 aliphatic rings. The van der Waals surface area contributed by atoms with Crippen LogP contribution >= 0.6 is 27.5 Å². The zero-order valence-corrected chi connectivity index (χ0v) is 13.4. The third-order valence-corrected chi connectivity index (χ3v) is 3.93. The Morgan fingerprint density at radius 2 is 2.00 bits per heavy atom. The molecule has 0 bridgehead atoms. The molecule has 0 unspecified atom stereocenters. The highest BCUT2D eigenvalue weighted by atomic mass is 79.9. The average Bonchev–Trinajstić information content (AvgIpc) is 2.91. The second-order valence-electron chi connectivity index (χ2n) is 4.58. The summed E-state index contributed by atoms with van der Waals surface area (Å²) in [4.78, 5) is 0. The first kappa shape index (κ1) is 14.0. The third kappa shape index (κ3) is 2.64. The van der Waals surface area contributed by atoms with Crippen LogP contribution in [0.25, 0.3) is 17.1 Å².